The number of aromatic nitrogens is 1. The van der Waals surface area contributed by atoms with Gasteiger partial charge in [0.2, 0.25) is 0 Å². The van der Waals surface area contributed by atoms with Gasteiger partial charge in [0.1, 0.15) is 12.3 Å². The Morgan fingerprint density at radius 1 is 1.40 bits per heavy atom. The molecule has 3 rings (SSSR count). The van der Waals surface area contributed by atoms with E-state index in [1.807, 2.05) is 6.92 Å². The number of allylic oxidation sites excluding steroid dienone is 1. The predicted molar refractivity (Wildman–Crippen MR) is 108 cm³/mol. The SMILES string of the molecule is COc1ccc(CN2CC(=O)N(C(C=NCc3c(C)noc3C)=CN)C2=O)cc1O. The summed E-state index contributed by atoms with van der Waals surface area (Å²) < 4.78 is 10.1. The van der Waals surface area contributed by atoms with Gasteiger partial charge in [0.25, 0.3) is 5.91 Å². The number of urea groups is 1. The Hall–Kier alpha value is -3.82. The van der Waals surface area contributed by atoms with Crippen molar-refractivity contribution in [2.45, 2.75) is 26.9 Å². The number of aromatic hydroxyl groups is 1. The summed E-state index contributed by atoms with van der Waals surface area (Å²) in [6, 6.07) is 4.28. The number of methoxy groups -OCH3 is 1. The lowest BCUT2D eigenvalue weighted by molar-refractivity contribution is -0.123. The van der Waals surface area contributed by atoms with Crippen molar-refractivity contribution in [2.75, 3.05) is 13.7 Å². The molecule has 1 aliphatic heterocycles. The topological polar surface area (TPSA) is 134 Å². The van der Waals surface area contributed by atoms with E-state index in [-0.39, 0.29) is 31.1 Å². The van der Waals surface area contributed by atoms with Crippen LogP contribution in [0.15, 0.2) is 39.6 Å². The molecule has 10 nitrogen and oxygen atoms in total. The van der Waals surface area contributed by atoms with Crippen molar-refractivity contribution in [2.24, 2.45) is 10.7 Å². The lowest BCUT2D eigenvalue weighted by Crippen LogP contribution is -2.33. The molecule has 0 unspecified atom stereocenters. The molecule has 0 saturated carbocycles. The number of hydrogen-bond donors (Lipinski definition) is 2. The molecule has 3 amide bonds. The third kappa shape index (κ3) is 4.12. The van der Waals surface area contributed by atoms with Crippen LogP contribution in [0.3, 0.4) is 0 Å². The molecule has 1 fully saturated rings. The summed E-state index contributed by atoms with van der Waals surface area (Å²) in [5.74, 6) is 0.522. The van der Waals surface area contributed by atoms with E-state index in [0.29, 0.717) is 17.1 Å². The van der Waals surface area contributed by atoms with Crippen LogP contribution in [0, 0.1) is 13.8 Å². The molecule has 2 heterocycles. The molecule has 0 bridgehead atoms. The minimum atomic E-state index is -0.518. The fraction of sp³-hybridized carbons (Fsp3) is 0.300. The maximum absolute atomic E-state index is 12.8. The zero-order valence-corrected chi connectivity index (χ0v) is 17.0. The monoisotopic (exact) mass is 413 g/mol. The van der Waals surface area contributed by atoms with Gasteiger partial charge < -0.3 is 25.0 Å². The number of aryl methyl sites for hydroxylation is 2. The fourth-order valence-electron chi connectivity index (χ4n) is 3.12. The fourth-order valence-corrected chi connectivity index (χ4v) is 3.12. The molecule has 0 spiro atoms. The van der Waals surface area contributed by atoms with Gasteiger partial charge in [0.05, 0.1) is 25.0 Å². The van der Waals surface area contributed by atoms with E-state index in [9.17, 15) is 14.7 Å². The Morgan fingerprint density at radius 2 is 2.17 bits per heavy atom. The van der Waals surface area contributed by atoms with E-state index >= 15 is 0 Å². The van der Waals surface area contributed by atoms with E-state index in [0.717, 1.165) is 22.4 Å². The van der Waals surface area contributed by atoms with Crippen molar-refractivity contribution in [3.05, 3.63) is 52.7 Å². The minimum absolute atomic E-state index is 0.0428. The lowest BCUT2D eigenvalue weighted by Gasteiger charge is -2.17. The van der Waals surface area contributed by atoms with Crippen LogP contribution in [-0.4, -0.2) is 51.9 Å². The third-order valence-corrected chi connectivity index (χ3v) is 4.74. The summed E-state index contributed by atoms with van der Waals surface area (Å²) in [5, 5.41) is 13.8. The molecule has 0 atom stereocenters. The zero-order valence-electron chi connectivity index (χ0n) is 17.0. The average Bonchev–Trinajstić information content (AvgIpc) is 3.18. The van der Waals surface area contributed by atoms with Crippen molar-refractivity contribution in [3.8, 4) is 11.5 Å². The summed E-state index contributed by atoms with van der Waals surface area (Å²) >= 11 is 0. The largest absolute Gasteiger partial charge is 0.504 e. The molecule has 0 radical (unpaired) electrons. The molecular weight excluding hydrogens is 390 g/mol. The average molecular weight is 413 g/mol. The van der Waals surface area contributed by atoms with E-state index in [2.05, 4.69) is 10.1 Å². The number of nitrogens with two attached hydrogens (primary N) is 1. The van der Waals surface area contributed by atoms with Gasteiger partial charge in [-0.15, -0.1) is 0 Å². The number of amides is 3. The third-order valence-electron chi connectivity index (χ3n) is 4.74. The van der Waals surface area contributed by atoms with Crippen LogP contribution in [0.4, 0.5) is 4.79 Å². The van der Waals surface area contributed by atoms with Crippen LogP contribution in [0.2, 0.25) is 0 Å². The second-order valence-electron chi connectivity index (χ2n) is 6.74. The van der Waals surface area contributed by atoms with Gasteiger partial charge in [-0.25, -0.2) is 9.69 Å². The highest BCUT2D eigenvalue weighted by Gasteiger charge is 2.37. The van der Waals surface area contributed by atoms with Crippen LogP contribution in [-0.2, 0) is 17.9 Å². The number of hydrogen-bond acceptors (Lipinski definition) is 8. The number of ether oxygens (including phenoxy) is 1. The molecule has 158 valence electrons. The summed E-state index contributed by atoms with van der Waals surface area (Å²) in [7, 11) is 1.45. The van der Waals surface area contributed by atoms with E-state index < -0.39 is 11.9 Å². The molecule has 1 aromatic heterocycles. The normalized spacial score (nSPS) is 15.0. The van der Waals surface area contributed by atoms with Gasteiger partial charge in [-0.3, -0.25) is 9.79 Å². The Kier molecular flexibility index (Phi) is 6.05. The smallest absolute Gasteiger partial charge is 0.332 e. The molecule has 2 aromatic rings. The van der Waals surface area contributed by atoms with Gasteiger partial charge in [-0.2, -0.15) is 0 Å². The first kappa shape index (κ1) is 20.9. The molecular formula is C20H23N5O5. The standard InChI is InChI=1S/C20H23N5O5/c1-12-16(13(2)30-23-12)9-22-8-15(7-21)25-19(27)11-24(20(25)28)10-14-4-5-18(29-3)17(26)6-14/h4-8,26H,9-11,21H2,1-3H3. The lowest BCUT2D eigenvalue weighted by atomic mass is 10.2. The van der Waals surface area contributed by atoms with Crippen molar-refractivity contribution < 1.29 is 24.0 Å². The number of carbonyl (C=O) groups is 2. The molecule has 10 heteroatoms. The summed E-state index contributed by atoms with van der Waals surface area (Å²) in [6.45, 7) is 3.91. The highest BCUT2D eigenvalue weighted by atomic mass is 16.5. The Bertz CT molecular complexity index is 1010. The molecule has 0 aliphatic carbocycles. The van der Waals surface area contributed by atoms with Gasteiger partial charge in [-0.1, -0.05) is 11.2 Å². The highest BCUT2D eigenvalue weighted by molar-refractivity contribution is 6.07. The Morgan fingerprint density at radius 3 is 2.77 bits per heavy atom. The van der Waals surface area contributed by atoms with Crippen LogP contribution in [0.1, 0.15) is 22.6 Å². The Labute approximate surface area is 173 Å². The number of imide groups is 1. The van der Waals surface area contributed by atoms with Crippen LogP contribution >= 0.6 is 0 Å². The van der Waals surface area contributed by atoms with Gasteiger partial charge in [0.15, 0.2) is 11.5 Å². The first-order valence-electron chi connectivity index (χ1n) is 9.17. The van der Waals surface area contributed by atoms with Crippen LogP contribution in [0.5, 0.6) is 11.5 Å². The Balaban J connectivity index is 1.71. The summed E-state index contributed by atoms with van der Waals surface area (Å²) in [4.78, 5) is 31.9. The van der Waals surface area contributed by atoms with Gasteiger partial charge >= 0.3 is 6.03 Å². The van der Waals surface area contributed by atoms with E-state index in [1.54, 1.807) is 19.1 Å². The quantitative estimate of drug-likeness (QED) is 0.522. The number of carbonyl (C=O) groups excluding carboxylic acids is 2. The minimum Gasteiger partial charge on any atom is -0.504 e. The summed E-state index contributed by atoms with van der Waals surface area (Å²) in [6.07, 6.45) is 2.54. The predicted octanol–water partition coefficient (Wildman–Crippen LogP) is 1.84. The van der Waals surface area contributed by atoms with Crippen LogP contribution in [0.25, 0.3) is 0 Å². The van der Waals surface area contributed by atoms with Gasteiger partial charge in [0, 0.05) is 24.5 Å². The van der Waals surface area contributed by atoms with Gasteiger partial charge in [-0.05, 0) is 31.5 Å². The second-order valence-corrected chi connectivity index (χ2v) is 6.74. The molecule has 3 N–H and O–H groups in total. The first-order chi connectivity index (χ1) is 14.3. The highest BCUT2D eigenvalue weighted by Crippen LogP contribution is 2.27. The zero-order chi connectivity index (χ0) is 21.8. The van der Waals surface area contributed by atoms with Crippen molar-refractivity contribution >= 4 is 18.2 Å². The number of rotatable bonds is 7. The summed E-state index contributed by atoms with van der Waals surface area (Å²) in [5.41, 5.74) is 8.05. The number of phenols is 1. The van der Waals surface area contributed by atoms with E-state index in [4.69, 9.17) is 15.0 Å². The molecule has 30 heavy (non-hydrogen) atoms. The van der Waals surface area contributed by atoms with Crippen LogP contribution < -0.4 is 10.5 Å². The number of phenolic OH excluding ortho intramolecular Hbond substituents is 1. The maximum Gasteiger partial charge on any atom is 0.332 e. The number of nitrogens with zero attached hydrogens (tertiary/aromatic N) is 4. The van der Waals surface area contributed by atoms with Crippen molar-refractivity contribution in [1.82, 2.24) is 15.0 Å². The molecule has 1 saturated heterocycles. The number of aliphatic imine (C=N–C) groups is 1. The van der Waals surface area contributed by atoms with Crippen molar-refractivity contribution in [3.63, 3.8) is 0 Å². The number of benzene rings is 1. The second kappa shape index (κ2) is 8.68. The maximum atomic E-state index is 12.8. The molecule has 1 aliphatic rings. The molecule has 1 aromatic carbocycles. The first-order valence-corrected chi connectivity index (χ1v) is 9.17. The van der Waals surface area contributed by atoms with E-state index in [1.165, 1.54) is 24.3 Å². The van der Waals surface area contributed by atoms with Crippen molar-refractivity contribution in [1.29, 1.82) is 0 Å².